The Morgan fingerprint density at radius 1 is 1.42 bits per heavy atom. The molecule has 0 spiro atoms. The van der Waals surface area contributed by atoms with Gasteiger partial charge in [0.2, 0.25) is 5.95 Å². The Morgan fingerprint density at radius 2 is 2.32 bits per heavy atom. The Hall–Kier alpha value is -1.85. The summed E-state index contributed by atoms with van der Waals surface area (Å²) in [6.45, 7) is 3.27. The molecule has 0 bridgehead atoms. The molecule has 1 saturated heterocycles. The number of nitrogens with zero attached hydrogens (tertiary/aromatic N) is 4. The lowest BCUT2D eigenvalue weighted by atomic mass is 9.98. The fraction of sp³-hybridized carbons (Fsp3) is 0.615. The lowest BCUT2D eigenvalue weighted by Crippen LogP contribution is -2.40. The van der Waals surface area contributed by atoms with Crippen LogP contribution in [0.5, 0.6) is 0 Å². The Bertz CT molecular complexity index is 561. The molecular formula is C13H20N6. The number of nitrogens with one attached hydrogen (secondary N) is 1. The van der Waals surface area contributed by atoms with Crippen molar-refractivity contribution >= 4 is 22.9 Å². The lowest BCUT2D eigenvalue weighted by Gasteiger charge is -2.36. The second kappa shape index (κ2) is 5.03. The molecule has 1 fully saturated rings. The monoisotopic (exact) mass is 260 g/mol. The van der Waals surface area contributed by atoms with E-state index in [1.54, 1.807) is 6.33 Å². The number of piperidine rings is 1. The van der Waals surface area contributed by atoms with Crippen LogP contribution in [0.15, 0.2) is 6.33 Å². The minimum absolute atomic E-state index is 0.301. The largest absolute Gasteiger partial charge is 0.368 e. The van der Waals surface area contributed by atoms with Gasteiger partial charge in [0, 0.05) is 12.6 Å². The normalized spacial score (nSPS) is 20.1. The molecule has 1 unspecified atom stereocenters. The van der Waals surface area contributed by atoms with Gasteiger partial charge in [-0.3, -0.25) is 0 Å². The molecule has 0 aromatic carbocycles. The van der Waals surface area contributed by atoms with E-state index in [-0.39, 0.29) is 0 Å². The zero-order valence-electron chi connectivity index (χ0n) is 11.3. The molecule has 19 heavy (non-hydrogen) atoms. The summed E-state index contributed by atoms with van der Waals surface area (Å²) in [5, 5.41) is 0. The number of hydrogen-bond acceptors (Lipinski definition) is 5. The van der Waals surface area contributed by atoms with Gasteiger partial charge in [0.15, 0.2) is 11.5 Å². The molecule has 2 aromatic rings. The molecule has 6 nitrogen and oxygen atoms in total. The quantitative estimate of drug-likeness (QED) is 0.882. The molecule has 1 aliphatic heterocycles. The molecule has 1 aliphatic rings. The van der Waals surface area contributed by atoms with Crippen LogP contribution in [-0.4, -0.2) is 32.5 Å². The van der Waals surface area contributed by atoms with Crippen molar-refractivity contribution in [1.29, 1.82) is 0 Å². The van der Waals surface area contributed by atoms with Gasteiger partial charge in [-0.1, -0.05) is 13.3 Å². The molecule has 3 rings (SSSR count). The Morgan fingerprint density at radius 3 is 3.16 bits per heavy atom. The van der Waals surface area contributed by atoms with Crippen molar-refractivity contribution in [2.75, 3.05) is 17.2 Å². The van der Waals surface area contributed by atoms with Gasteiger partial charge in [0.05, 0.1) is 6.33 Å². The SMILES string of the molecule is CCCC1CCCCN1c1nc(N)nc2nc[nH]c12. The fourth-order valence-electron chi connectivity index (χ4n) is 2.95. The molecule has 0 radical (unpaired) electrons. The molecule has 6 heteroatoms. The fourth-order valence-corrected chi connectivity index (χ4v) is 2.95. The average Bonchev–Trinajstić information content (AvgIpc) is 2.87. The predicted octanol–water partition coefficient (Wildman–Crippen LogP) is 2.09. The lowest BCUT2D eigenvalue weighted by molar-refractivity contribution is 0.432. The summed E-state index contributed by atoms with van der Waals surface area (Å²) >= 11 is 0. The smallest absolute Gasteiger partial charge is 0.224 e. The van der Waals surface area contributed by atoms with E-state index < -0.39 is 0 Å². The van der Waals surface area contributed by atoms with Gasteiger partial charge in [-0.2, -0.15) is 9.97 Å². The zero-order valence-corrected chi connectivity index (χ0v) is 11.3. The molecule has 1 atom stereocenters. The number of aromatic nitrogens is 4. The van der Waals surface area contributed by atoms with E-state index in [2.05, 4.69) is 31.8 Å². The van der Waals surface area contributed by atoms with E-state index in [9.17, 15) is 0 Å². The summed E-state index contributed by atoms with van der Waals surface area (Å²) < 4.78 is 0. The van der Waals surface area contributed by atoms with Crippen LogP contribution < -0.4 is 10.6 Å². The number of H-pyrrole nitrogens is 1. The van der Waals surface area contributed by atoms with Crippen LogP contribution in [0.2, 0.25) is 0 Å². The maximum absolute atomic E-state index is 5.81. The minimum atomic E-state index is 0.301. The van der Waals surface area contributed by atoms with Crippen LogP contribution in [-0.2, 0) is 0 Å². The second-order valence-electron chi connectivity index (χ2n) is 5.14. The molecule has 102 valence electrons. The molecule has 2 aromatic heterocycles. The summed E-state index contributed by atoms with van der Waals surface area (Å²) in [7, 11) is 0. The van der Waals surface area contributed by atoms with E-state index >= 15 is 0 Å². The molecule has 0 saturated carbocycles. The van der Waals surface area contributed by atoms with E-state index in [0.29, 0.717) is 17.6 Å². The van der Waals surface area contributed by atoms with Crippen molar-refractivity contribution < 1.29 is 0 Å². The van der Waals surface area contributed by atoms with Crippen molar-refractivity contribution in [3.05, 3.63) is 6.33 Å². The van der Waals surface area contributed by atoms with E-state index in [4.69, 9.17) is 5.73 Å². The third kappa shape index (κ3) is 2.22. The summed E-state index contributed by atoms with van der Waals surface area (Å²) in [6.07, 6.45) is 7.77. The van der Waals surface area contributed by atoms with Gasteiger partial charge in [-0.15, -0.1) is 0 Å². The Balaban J connectivity index is 2.03. The highest BCUT2D eigenvalue weighted by Crippen LogP contribution is 2.30. The van der Waals surface area contributed by atoms with Gasteiger partial charge in [0.25, 0.3) is 0 Å². The molecule has 3 N–H and O–H groups in total. The van der Waals surface area contributed by atoms with Crippen LogP contribution >= 0.6 is 0 Å². The topological polar surface area (TPSA) is 83.7 Å². The standard InChI is InChI=1S/C13H20N6/c1-2-5-9-6-3-4-7-19(9)12-10-11(16-8-15-10)17-13(14)18-12/h8-9H,2-7H2,1H3,(H3,14,15,16,17,18). The Labute approximate surface area is 112 Å². The van der Waals surface area contributed by atoms with Gasteiger partial charge in [0.1, 0.15) is 5.52 Å². The first-order chi connectivity index (χ1) is 9.29. The maximum atomic E-state index is 5.81. The van der Waals surface area contributed by atoms with Crippen LogP contribution in [0, 0.1) is 0 Å². The van der Waals surface area contributed by atoms with Gasteiger partial charge in [-0.25, -0.2) is 4.98 Å². The van der Waals surface area contributed by atoms with Crippen molar-refractivity contribution in [3.63, 3.8) is 0 Å². The van der Waals surface area contributed by atoms with Crippen LogP contribution in [0.4, 0.5) is 11.8 Å². The third-order valence-corrected chi connectivity index (χ3v) is 3.80. The zero-order chi connectivity index (χ0) is 13.2. The van der Waals surface area contributed by atoms with Crippen LogP contribution in [0.1, 0.15) is 39.0 Å². The number of imidazole rings is 1. The highest BCUT2D eigenvalue weighted by Gasteiger charge is 2.25. The number of hydrogen-bond donors (Lipinski definition) is 2. The van der Waals surface area contributed by atoms with Crippen molar-refractivity contribution in [2.24, 2.45) is 0 Å². The maximum Gasteiger partial charge on any atom is 0.224 e. The van der Waals surface area contributed by atoms with E-state index in [0.717, 1.165) is 17.9 Å². The number of nitrogen functional groups attached to an aromatic ring is 1. The van der Waals surface area contributed by atoms with Gasteiger partial charge in [-0.05, 0) is 25.7 Å². The van der Waals surface area contributed by atoms with Crippen molar-refractivity contribution in [2.45, 2.75) is 45.1 Å². The van der Waals surface area contributed by atoms with Gasteiger partial charge >= 0.3 is 0 Å². The number of aromatic amines is 1. The number of rotatable bonds is 3. The first-order valence-electron chi connectivity index (χ1n) is 7.03. The first kappa shape index (κ1) is 12.2. The van der Waals surface area contributed by atoms with Crippen molar-refractivity contribution in [3.8, 4) is 0 Å². The van der Waals surface area contributed by atoms with Gasteiger partial charge < -0.3 is 15.6 Å². The third-order valence-electron chi connectivity index (χ3n) is 3.80. The minimum Gasteiger partial charge on any atom is -0.368 e. The first-order valence-corrected chi connectivity index (χ1v) is 7.03. The highest BCUT2D eigenvalue weighted by atomic mass is 15.3. The molecule has 0 aliphatic carbocycles. The number of anilines is 2. The molecule has 3 heterocycles. The van der Waals surface area contributed by atoms with Crippen LogP contribution in [0.25, 0.3) is 11.2 Å². The number of nitrogens with two attached hydrogens (primary N) is 1. The van der Waals surface area contributed by atoms with E-state index in [1.807, 2.05) is 0 Å². The summed E-state index contributed by atoms with van der Waals surface area (Å²) in [6, 6.07) is 0.555. The second-order valence-corrected chi connectivity index (χ2v) is 5.14. The summed E-state index contributed by atoms with van der Waals surface area (Å²) in [4.78, 5) is 18.3. The van der Waals surface area contributed by atoms with Crippen LogP contribution in [0.3, 0.4) is 0 Å². The highest BCUT2D eigenvalue weighted by molar-refractivity contribution is 5.84. The average molecular weight is 260 g/mol. The Kier molecular flexibility index (Phi) is 3.23. The molecular weight excluding hydrogens is 240 g/mol. The summed E-state index contributed by atoms with van der Waals surface area (Å²) in [5.74, 6) is 1.22. The van der Waals surface area contributed by atoms with Crippen molar-refractivity contribution in [1.82, 2.24) is 19.9 Å². The molecule has 0 amide bonds. The number of fused-ring (bicyclic) bond motifs is 1. The van der Waals surface area contributed by atoms with E-state index in [1.165, 1.54) is 32.1 Å². The predicted molar refractivity (Wildman–Crippen MR) is 76.0 cm³/mol. The summed E-state index contributed by atoms with van der Waals surface area (Å²) in [5.41, 5.74) is 7.36.